The molecule has 7 rings (SSSR count). The Morgan fingerprint density at radius 1 is 0.584 bits per heavy atom. The summed E-state index contributed by atoms with van der Waals surface area (Å²) < 4.78 is 23.8. The van der Waals surface area contributed by atoms with Crippen LogP contribution < -0.4 is 26.6 Å². The van der Waals surface area contributed by atoms with E-state index in [1.165, 1.54) is 0 Å². The fourth-order valence-corrected chi connectivity index (χ4v) is 16.5. The topological polar surface area (TPSA) is 300 Å². The van der Waals surface area contributed by atoms with Crippen LogP contribution in [0.3, 0.4) is 0 Å². The first kappa shape index (κ1) is 91.4. The molecular formula is C90H126N8O15. The summed E-state index contributed by atoms with van der Waals surface area (Å²) in [6.45, 7) is 15.3. The van der Waals surface area contributed by atoms with Gasteiger partial charge in [-0.2, -0.15) is 0 Å². The molecule has 4 aromatic carbocycles. The van der Waals surface area contributed by atoms with Gasteiger partial charge in [0.1, 0.15) is 17.3 Å². The molecule has 0 bridgehead atoms. The summed E-state index contributed by atoms with van der Waals surface area (Å²) in [7, 11) is 8.71. The van der Waals surface area contributed by atoms with E-state index in [-0.39, 0.29) is 167 Å². The van der Waals surface area contributed by atoms with Crippen molar-refractivity contribution in [3.8, 4) is 11.8 Å². The first-order valence-electron chi connectivity index (χ1n) is 40.9. The van der Waals surface area contributed by atoms with Crippen molar-refractivity contribution in [2.24, 2.45) is 53.1 Å². The number of nitrogens with two attached hydrogens (primary N) is 1. The normalized spacial score (nSPS) is 16.6. The second kappa shape index (κ2) is 46.5. The third-order valence-electron chi connectivity index (χ3n) is 22.7. The second-order valence-corrected chi connectivity index (χ2v) is 32.3. The SMILES string of the molecule is CO[C@H]([C@@H](C)C(=O)C[C@@H](Cc1ccccc1)C(=O)Nc1ccc(CC(=O)C(CCCNC(N)=O)NC(=O)[C@@H](CC(=O)CCOCCOCCCC(=O)CCCC(=O)N2Cc3ccccc3C#Cc3ccccc32)C(C)C)cc1)[C@@H]1CCCN1C(=O)C[C@@H](OC)[C@H](C1CCCC1)N(C)C(=O)[C@@H](CC(=O)[C@H](C(C)C)N(C)C)C(C)C. The van der Waals surface area contributed by atoms with Gasteiger partial charge in [0.2, 0.25) is 29.5 Å². The number of rotatable bonds is 49. The van der Waals surface area contributed by atoms with Crippen LogP contribution in [-0.4, -0.2) is 190 Å². The highest BCUT2D eigenvalue weighted by Crippen LogP contribution is 2.37. The lowest BCUT2D eigenvalue weighted by atomic mass is 9.83. The highest BCUT2D eigenvalue weighted by atomic mass is 16.5. The summed E-state index contributed by atoms with van der Waals surface area (Å²) in [5.41, 5.74) is 10.6. The standard InChI is InChI=1S/C90H126N8O15/c1-59(2)73(55-72(100)45-49-113-51-50-112-48-25-34-71(99)33-22-38-82(104)98-58-68-32-19-16-28-65(68)41-42-66-29-20-21-36-76(66)98)88(107)94-75(35-23-46-92-90(91)109)79(102)53-64-39-43-70(44-40-64)93-87(106)69(52-63-26-14-13-15-27-63)54-78(101)62(7)86(111-12)77-37-24-47-97(77)83(105)57-81(110-11)85(67-30-17-18-31-67)96(10)89(108)74(60(3)4)56-80(103)84(61(5)6)95(8)9/h13-16,19-21,26-29,32,36,39-40,43-44,59-62,67,69,73-75,77,81,84-86H,17-18,22-25,30-31,33-35,37-38,45-58H2,1-12H3,(H,93,106)(H,94,107)(H3,91,92,109)/t62-,69+,73-,74-,75?,77-,81+,84-,85-,86+/m0/s1. The molecule has 1 unspecified atom stereocenters. The summed E-state index contributed by atoms with van der Waals surface area (Å²) in [5.74, 6) is 1.47. The Morgan fingerprint density at radius 2 is 1.23 bits per heavy atom. The quantitative estimate of drug-likeness (QED) is 0.0236. The van der Waals surface area contributed by atoms with Gasteiger partial charge in [-0.05, 0) is 143 Å². The summed E-state index contributed by atoms with van der Waals surface area (Å²) in [6, 6.07) is 28.7. The number of Topliss-reactive ketones (excluding diaryl/α,β-unsaturated/α-hetero) is 5. The Hall–Kier alpha value is -8.79. The van der Waals surface area contributed by atoms with Crippen LogP contribution in [0.25, 0.3) is 0 Å². The van der Waals surface area contributed by atoms with Gasteiger partial charge in [0.05, 0.1) is 74.8 Å². The van der Waals surface area contributed by atoms with E-state index in [2.05, 4.69) is 27.8 Å². The number of hydrogen-bond donors (Lipinski definition) is 4. The van der Waals surface area contributed by atoms with Gasteiger partial charge >= 0.3 is 6.03 Å². The molecule has 0 aromatic heterocycles. The predicted octanol–water partition coefficient (Wildman–Crippen LogP) is 11.5. The minimum absolute atomic E-state index is 0.00285. The number of nitrogens with zero attached hydrogens (tertiary/aromatic N) is 4. The van der Waals surface area contributed by atoms with Crippen LogP contribution in [0.1, 0.15) is 192 Å². The van der Waals surface area contributed by atoms with Crippen LogP contribution in [0.5, 0.6) is 0 Å². The first-order chi connectivity index (χ1) is 54.1. The van der Waals surface area contributed by atoms with E-state index >= 15 is 0 Å². The lowest BCUT2D eigenvalue weighted by Crippen LogP contribution is -2.54. The number of hydrogen-bond acceptors (Lipinski definition) is 16. The largest absolute Gasteiger partial charge is 0.379 e. The van der Waals surface area contributed by atoms with E-state index in [1.54, 1.807) is 67.2 Å². The smallest absolute Gasteiger partial charge is 0.312 e. The number of primary amides is 1. The van der Waals surface area contributed by atoms with Crippen molar-refractivity contribution in [1.29, 1.82) is 0 Å². The van der Waals surface area contributed by atoms with Crippen molar-refractivity contribution in [2.45, 2.75) is 220 Å². The van der Waals surface area contributed by atoms with Crippen LogP contribution in [0.4, 0.5) is 16.2 Å². The minimum Gasteiger partial charge on any atom is -0.379 e. The summed E-state index contributed by atoms with van der Waals surface area (Å²) in [5, 5.41) is 8.46. The molecule has 0 radical (unpaired) electrons. The van der Waals surface area contributed by atoms with E-state index in [4.69, 9.17) is 24.7 Å². The third kappa shape index (κ3) is 28.0. The number of likely N-dealkylation sites (N-methyl/N-ethyl adjacent to an activating group) is 2. The number of likely N-dealkylation sites (tertiary alicyclic amines) is 1. The Kier molecular flexibility index (Phi) is 37.6. The summed E-state index contributed by atoms with van der Waals surface area (Å²) in [6.07, 6.45) is 5.99. The van der Waals surface area contributed by atoms with Gasteiger partial charge in [0.25, 0.3) is 0 Å². The van der Waals surface area contributed by atoms with Crippen molar-refractivity contribution < 1.29 is 71.7 Å². The van der Waals surface area contributed by atoms with E-state index in [0.29, 0.717) is 69.5 Å². The highest BCUT2D eigenvalue weighted by molar-refractivity contribution is 5.98. The molecule has 1 aliphatic carbocycles. The van der Waals surface area contributed by atoms with Gasteiger partial charge in [0.15, 0.2) is 11.6 Å². The lowest BCUT2D eigenvalue weighted by Gasteiger charge is -2.41. The molecule has 3 aliphatic rings. The van der Waals surface area contributed by atoms with Crippen LogP contribution in [0, 0.1) is 59.2 Å². The molecule has 616 valence electrons. The molecule has 23 heteroatoms. The van der Waals surface area contributed by atoms with Gasteiger partial charge in [0, 0.05) is 133 Å². The maximum Gasteiger partial charge on any atom is 0.312 e. The Labute approximate surface area is 670 Å². The van der Waals surface area contributed by atoms with Crippen LogP contribution in [0.15, 0.2) is 103 Å². The molecule has 113 heavy (non-hydrogen) atoms. The molecule has 2 aliphatic heterocycles. The summed E-state index contributed by atoms with van der Waals surface area (Å²) in [4.78, 5) is 160. The Morgan fingerprint density at radius 3 is 1.88 bits per heavy atom. The number of fused-ring (bicyclic) bond motifs is 2. The van der Waals surface area contributed by atoms with Crippen molar-refractivity contribution in [3.05, 3.63) is 131 Å². The molecule has 23 nitrogen and oxygen atoms in total. The zero-order chi connectivity index (χ0) is 82.3. The first-order valence-corrected chi connectivity index (χ1v) is 40.9. The Balaban J connectivity index is 0.881. The predicted molar refractivity (Wildman–Crippen MR) is 437 cm³/mol. The van der Waals surface area contributed by atoms with Gasteiger partial charge in [-0.15, -0.1) is 0 Å². The molecule has 7 amide bonds. The summed E-state index contributed by atoms with van der Waals surface area (Å²) >= 11 is 0. The maximum absolute atomic E-state index is 14.8. The zero-order valence-electron chi connectivity index (χ0n) is 69.0. The molecule has 2 heterocycles. The van der Waals surface area contributed by atoms with Crippen LogP contribution in [0.2, 0.25) is 0 Å². The number of carbonyl (C=O) groups is 11. The maximum atomic E-state index is 14.8. The lowest BCUT2D eigenvalue weighted by molar-refractivity contribution is -0.149. The molecule has 10 atom stereocenters. The molecular weight excluding hydrogens is 1430 g/mol. The molecule has 1 saturated carbocycles. The minimum atomic E-state index is -0.986. The van der Waals surface area contributed by atoms with Crippen LogP contribution in [-0.2, 0) is 86.3 Å². The Bertz CT molecular complexity index is 3860. The van der Waals surface area contributed by atoms with E-state index in [9.17, 15) is 52.7 Å². The number of amides is 7. The van der Waals surface area contributed by atoms with Crippen molar-refractivity contribution in [2.75, 3.05) is 85.1 Å². The number of para-hydroxylation sites is 1. The van der Waals surface area contributed by atoms with Gasteiger partial charge in [-0.1, -0.05) is 146 Å². The number of urea groups is 1. The number of anilines is 2. The average molecular weight is 1560 g/mol. The van der Waals surface area contributed by atoms with Gasteiger partial charge in [-0.25, -0.2) is 4.79 Å². The monoisotopic (exact) mass is 1560 g/mol. The zero-order valence-corrected chi connectivity index (χ0v) is 69.0. The fraction of sp³-hybridized carbons (Fsp3) is 0.589. The number of ketones is 5. The molecule has 2 fully saturated rings. The molecule has 1 saturated heterocycles. The molecule has 5 N–H and O–H groups in total. The number of ether oxygens (including phenoxy) is 4. The molecule has 4 aromatic rings. The molecule has 0 spiro atoms. The average Bonchev–Trinajstić information content (AvgIpc) is 1.79. The van der Waals surface area contributed by atoms with E-state index in [0.717, 1.165) is 53.6 Å². The van der Waals surface area contributed by atoms with Crippen LogP contribution >= 0.6 is 0 Å². The van der Waals surface area contributed by atoms with Crippen molar-refractivity contribution in [1.82, 2.24) is 25.3 Å². The van der Waals surface area contributed by atoms with Gasteiger partial charge < -0.3 is 55.3 Å². The number of benzene rings is 4. The van der Waals surface area contributed by atoms with E-state index in [1.807, 2.05) is 139 Å². The fourth-order valence-electron chi connectivity index (χ4n) is 16.5. The number of nitrogens with one attached hydrogen (secondary N) is 3. The second-order valence-electron chi connectivity index (χ2n) is 32.3. The van der Waals surface area contributed by atoms with Crippen molar-refractivity contribution >= 4 is 75.9 Å². The van der Waals surface area contributed by atoms with E-state index < -0.39 is 71.9 Å². The number of carbonyl (C=O) groups excluding carboxylic acids is 11. The number of methoxy groups -OCH3 is 2. The highest BCUT2D eigenvalue weighted by Gasteiger charge is 2.45. The van der Waals surface area contributed by atoms with Crippen molar-refractivity contribution in [3.63, 3.8) is 0 Å². The van der Waals surface area contributed by atoms with Gasteiger partial charge in [-0.3, -0.25) is 52.8 Å². The third-order valence-corrected chi connectivity index (χ3v) is 22.7.